The van der Waals surface area contributed by atoms with Gasteiger partial charge in [0.15, 0.2) is 0 Å². The van der Waals surface area contributed by atoms with E-state index in [1.165, 1.54) is 11.1 Å². The van der Waals surface area contributed by atoms with Crippen molar-refractivity contribution in [2.75, 3.05) is 31.2 Å². The summed E-state index contributed by atoms with van der Waals surface area (Å²) >= 11 is 6.41. The van der Waals surface area contributed by atoms with Crippen molar-refractivity contribution in [1.29, 1.82) is 0 Å². The van der Waals surface area contributed by atoms with Crippen LogP contribution in [0.2, 0.25) is 5.02 Å². The van der Waals surface area contributed by atoms with Crippen LogP contribution in [0.15, 0.2) is 48.6 Å². The Bertz CT molecular complexity index is 1580. The predicted molar refractivity (Wildman–Crippen MR) is 176 cm³/mol. The van der Waals surface area contributed by atoms with Gasteiger partial charge in [-0.3, -0.25) is 4.79 Å². The lowest BCUT2D eigenvalue weighted by atomic mass is 9.63. The number of nitrogens with zero attached hydrogens (tertiary/aromatic N) is 1. The quantitative estimate of drug-likeness (QED) is 0.380. The van der Waals surface area contributed by atoms with E-state index < -0.39 is 26.8 Å². The molecular formula is C35H45ClN2O6S. The van der Waals surface area contributed by atoms with Crippen LogP contribution in [0.3, 0.4) is 0 Å². The Morgan fingerprint density at radius 1 is 1.16 bits per heavy atom. The third kappa shape index (κ3) is 6.25. The zero-order valence-corrected chi connectivity index (χ0v) is 27.7. The number of carbonyl (C=O) groups excluding carboxylic acids is 1. The van der Waals surface area contributed by atoms with E-state index in [-0.39, 0.29) is 35.3 Å². The minimum Gasteiger partial charge on any atom is -0.490 e. The van der Waals surface area contributed by atoms with Gasteiger partial charge in [-0.05, 0) is 118 Å². The van der Waals surface area contributed by atoms with E-state index in [2.05, 4.69) is 21.8 Å². The first-order chi connectivity index (χ1) is 21.4. The zero-order valence-electron chi connectivity index (χ0n) is 26.2. The van der Waals surface area contributed by atoms with Crippen LogP contribution in [0.4, 0.5) is 5.69 Å². The fourth-order valence-corrected chi connectivity index (χ4v) is 9.48. The number of nitrogens with one attached hydrogen (secondary N) is 1. The highest BCUT2D eigenvalue weighted by Gasteiger charge is 2.48. The summed E-state index contributed by atoms with van der Waals surface area (Å²) in [7, 11) is -3.97. The zero-order chi connectivity index (χ0) is 32.0. The molecular weight excluding hydrogens is 612 g/mol. The van der Waals surface area contributed by atoms with E-state index in [4.69, 9.17) is 16.3 Å². The fraction of sp³-hybridized carbons (Fsp3) is 0.571. The van der Waals surface area contributed by atoms with Gasteiger partial charge in [0, 0.05) is 35.7 Å². The molecule has 2 heterocycles. The molecule has 2 aromatic carbocycles. The van der Waals surface area contributed by atoms with E-state index in [0.29, 0.717) is 44.7 Å². The maximum Gasteiger partial charge on any atom is 0.264 e. The number of aliphatic hydroxyl groups is 2. The first-order valence-electron chi connectivity index (χ1n) is 16.3. The molecule has 1 saturated carbocycles. The van der Waals surface area contributed by atoms with Crippen LogP contribution in [-0.4, -0.2) is 61.7 Å². The van der Waals surface area contributed by atoms with Gasteiger partial charge in [0.1, 0.15) is 5.75 Å². The molecule has 2 aliphatic carbocycles. The van der Waals surface area contributed by atoms with Crippen molar-refractivity contribution in [2.45, 2.75) is 81.5 Å². The van der Waals surface area contributed by atoms with E-state index in [9.17, 15) is 23.4 Å². The van der Waals surface area contributed by atoms with Gasteiger partial charge in [0.05, 0.1) is 23.1 Å². The largest absolute Gasteiger partial charge is 0.490 e. The van der Waals surface area contributed by atoms with Crippen molar-refractivity contribution in [3.63, 3.8) is 0 Å². The third-order valence-corrected chi connectivity index (χ3v) is 13.1. The normalized spacial score (nSPS) is 33.5. The number of halogens is 1. The molecule has 6 rings (SSSR count). The van der Waals surface area contributed by atoms with Crippen LogP contribution in [0.25, 0.3) is 0 Å². The first kappa shape index (κ1) is 32.4. The molecule has 2 bridgehead atoms. The number of aryl methyl sites for hydroxylation is 1. The van der Waals surface area contributed by atoms with Crippen molar-refractivity contribution in [1.82, 2.24) is 4.72 Å². The molecule has 6 atom stereocenters. The number of anilines is 1. The van der Waals surface area contributed by atoms with Crippen LogP contribution in [0.1, 0.15) is 80.3 Å². The minimum absolute atomic E-state index is 0.00945. The number of ether oxygens (including phenoxy) is 1. The van der Waals surface area contributed by atoms with Gasteiger partial charge >= 0.3 is 0 Å². The number of fused-ring (bicyclic) bond motifs is 4. The Balaban J connectivity index is 1.44. The smallest absolute Gasteiger partial charge is 0.264 e. The maximum atomic E-state index is 13.4. The highest BCUT2D eigenvalue weighted by Crippen LogP contribution is 2.49. The summed E-state index contributed by atoms with van der Waals surface area (Å²) in [5.41, 5.74) is 2.06. The highest BCUT2D eigenvalue weighted by atomic mass is 35.5. The lowest BCUT2D eigenvalue weighted by Gasteiger charge is -2.49. The molecule has 10 heteroatoms. The molecule has 244 valence electrons. The summed E-state index contributed by atoms with van der Waals surface area (Å²) in [6.45, 7) is 5.21. The molecule has 0 unspecified atom stereocenters. The molecule has 2 aliphatic heterocycles. The molecule has 1 fully saturated rings. The van der Waals surface area contributed by atoms with Crippen molar-refractivity contribution in [2.24, 2.45) is 17.8 Å². The summed E-state index contributed by atoms with van der Waals surface area (Å²) in [5, 5.41) is 21.6. The van der Waals surface area contributed by atoms with Gasteiger partial charge in [0.2, 0.25) is 10.0 Å². The molecule has 1 spiro atoms. The highest BCUT2D eigenvalue weighted by molar-refractivity contribution is 7.90. The third-order valence-electron chi connectivity index (χ3n) is 11.0. The van der Waals surface area contributed by atoms with E-state index in [0.717, 1.165) is 42.8 Å². The molecule has 2 aromatic rings. The summed E-state index contributed by atoms with van der Waals surface area (Å²) in [6, 6.07) is 11.3. The van der Waals surface area contributed by atoms with Gasteiger partial charge in [-0.25, -0.2) is 13.1 Å². The average Bonchev–Trinajstić information content (AvgIpc) is 3.14. The van der Waals surface area contributed by atoms with Crippen LogP contribution in [0.5, 0.6) is 5.75 Å². The molecule has 0 radical (unpaired) electrons. The number of rotatable bonds is 3. The number of amides is 1. The number of benzene rings is 2. The topological polar surface area (TPSA) is 116 Å². The minimum atomic E-state index is -3.97. The Hall–Kier alpha value is -2.59. The van der Waals surface area contributed by atoms with Gasteiger partial charge in [0.25, 0.3) is 5.91 Å². The maximum absolute atomic E-state index is 13.4. The lowest BCUT2D eigenvalue weighted by molar-refractivity contribution is -0.0536. The second-order valence-corrected chi connectivity index (χ2v) is 16.3. The van der Waals surface area contributed by atoms with Crippen molar-refractivity contribution < 1.29 is 28.2 Å². The first-order valence-corrected chi connectivity index (χ1v) is 18.2. The predicted octanol–water partition coefficient (Wildman–Crippen LogP) is 5.39. The van der Waals surface area contributed by atoms with E-state index in [1.807, 2.05) is 25.1 Å². The van der Waals surface area contributed by atoms with E-state index in [1.54, 1.807) is 25.1 Å². The van der Waals surface area contributed by atoms with Crippen molar-refractivity contribution in [3.8, 4) is 5.75 Å². The van der Waals surface area contributed by atoms with Gasteiger partial charge in [-0.2, -0.15) is 0 Å². The molecule has 8 nitrogen and oxygen atoms in total. The Kier molecular flexibility index (Phi) is 9.02. The van der Waals surface area contributed by atoms with Crippen LogP contribution in [0, 0.1) is 17.8 Å². The number of allylic oxidation sites excluding steroid dienone is 1. The number of aliphatic hydroxyl groups excluding tert-OH is 1. The van der Waals surface area contributed by atoms with Crippen molar-refractivity contribution in [3.05, 3.63) is 70.3 Å². The second kappa shape index (κ2) is 12.5. The van der Waals surface area contributed by atoms with Gasteiger partial charge < -0.3 is 19.8 Å². The van der Waals surface area contributed by atoms with Crippen LogP contribution in [-0.2, 0) is 21.9 Å². The standard InChI is InChI=1S/C35H45ClN2O6S/c1-23-6-3-15-35(41,16-5-17-39)30-11-8-27(30)20-38-21-34(14-4-7-25-18-28(36)10-12-29(25)34)22-44-32-13-9-26(19-31(32)38)33(40)37-45(42,43)24(23)2/h3,9-10,12-13,15,18-19,23-24,27,30,39,41H,4-8,11,14,16-17,20-22H2,1-2H3,(H,37,40)/b15-3+/t23-,24+,27-,30+,34-,35+/m0/s1. The second-order valence-electron chi connectivity index (χ2n) is 13.8. The van der Waals surface area contributed by atoms with Gasteiger partial charge in [-0.1, -0.05) is 36.7 Å². The molecule has 3 N–H and O–H groups in total. The number of hydrogen-bond donors (Lipinski definition) is 3. The summed E-state index contributed by atoms with van der Waals surface area (Å²) in [5.74, 6) is -0.134. The number of hydrogen-bond acceptors (Lipinski definition) is 7. The lowest BCUT2D eigenvalue weighted by Crippen LogP contribution is -2.52. The molecule has 1 amide bonds. The molecule has 0 saturated heterocycles. The van der Waals surface area contributed by atoms with E-state index >= 15 is 0 Å². The van der Waals surface area contributed by atoms with Crippen molar-refractivity contribution >= 4 is 33.2 Å². The Morgan fingerprint density at radius 3 is 2.73 bits per heavy atom. The summed E-state index contributed by atoms with van der Waals surface area (Å²) in [4.78, 5) is 15.7. The Morgan fingerprint density at radius 2 is 1.98 bits per heavy atom. The summed E-state index contributed by atoms with van der Waals surface area (Å²) < 4.78 is 35.5. The average molecular weight is 657 g/mol. The number of carbonyl (C=O) groups is 1. The van der Waals surface area contributed by atoms with Gasteiger partial charge in [-0.15, -0.1) is 0 Å². The monoisotopic (exact) mass is 656 g/mol. The molecule has 45 heavy (non-hydrogen) atoms. The van der Waals surface area contributed by atoms with Crippen LogP contribution >= 0.6 is 11.6 Å². The van der Waals surface area contributed by atoms with Crippen LogP contribution < -0.4 is 14.4 Å². The molecule has 0 aromatic heterocycles. The number of sulfonamides is 1. The Labute approximate surface area is 271 Å². The fourth-order valence-electron chi connectivity index (χ4n) is 8.00. The summed E-state index contributed by atoms with van der Waals surface area (Å²) in [6.07, 6.45) is 9.78. The molecule has 4 aliphatic rings. The SMILES string of the molecule is C[C@@H]1[C@@H](C)C/C=C/[C@@](O)(CCCO)[C@@H]2CC[C@H]2CN2C[C@@]3(CCCc4cc(Cl)ccc43)COc3ccc(cc32)C(=O)NS1(=O)=O.